The summed E-state index contributed by atoms with van der Waals surface area (Å²) < 4.78 is 0. The lowest BCUT2D eigenvalue weighted by Crippen LogP contribution is -2.29. The van der Waals surface area contributed by atoms with Crippen LogP contribution >= 0.6 is 11.6 Å². The van der Waals surface area contributed by atoms with Crippen molar-refractivity contribution in [3.05, 3.63) is 35.0 Å². The molecule has 1 fully saturated rings. The number of rotatable bonds is 3. The van der Waals surface area contributed by atoms with E-state index in [0.717, 1.165) is 30.2 Å². The number of nitrogens with two attached hydrogens (primary N) is 1. The van der Waals surface area contributed by atoms with E-state index in [4.69, 9.17) is 17.3 Å². The zero-order valence-electron chi connectivity index (χ0n) is 11.2. The highest BCUT2D eigenvalue weighted by Crippen LogP contribution is 2.26. The summed E-state index contributed by atoms with van der Waals surface area (Å²) in [7, 11) is 0. The molecule has 19 heavy (non-hydrogen) atoms. The predicted molar refractivity (Wildman–Crippen MR) is 80.3 cm³/mol. The van der Waals surface area contributed by atoms with Crippen molar-refractivity contribution in [2.75, 3.05) is 13.1 Å². The number of nitrogens with zero attached hydrogens (tertiary/aromatic N) is 1. The first-order valence-corrected chi connectivity index (χ1v) is 7.25. The maximum atomic E-state index is 6.01. The Morgan fingerprint density at radius 3 is 3.11 bits per heavy atom. The fourth-order valence-corrected chi connectivity index (χ4v) is 3.14. The fraction of sp³-hybridized carbons (Fsp3) is 0.467. The van der Waals surface area contributed by atoms with E-state index in [0.29, 0.717) is 12.0 Å². The van der Waals surface area contributed by atoms with E-state index in [1.807, 2.05) is 12.1 Å². The van der Waals surface area contributed by atoms with Gasteiger partial charge in [-0.2, -0.15) is 0 Å². The molecule has 0 radical (unpaired) electrons. The standard InChI is InChI=1S/C15H20ClN3/c1-10(17)11-4-5-19(8-11)9-12-7-18-15-6-13(16)2-3-14(12)15/h2-3,6-7,10-11,18H,4-5,8-9,17H2,1H3. The van der Waals surface area contributed by atoms with Crippen molar-refractivity contribution < 1.29 is 0 Å². The van der Waals surface area contributed by atoms with Gasteiger partial charge in [-0.1, -0.05) is 17.7 Å². The molecule has 2 heterocycles. The monoisotopic (exact) mass is 277 g/mol. The number of benzene rings is 1. The number of hydrogen-bond donors (Lipinski definition) is 2. The molecular weight excluding hydrogens is 258 g/mol. The van der Waals surface area contributed by atoms with Gasteiger partial charge < -0.3 is 10.7 Å². The Balaban J connectivity index is 1.76. The smallest absolute Gasteiger partial charge is 0.0472 e. The molecule has 3 N–H and O–H groups in total. The molecule has 1 aromatic heterocycles. The first-order chi connectivity index (χ1) is 9.13. The molecule has 0 saturated carbocycles. The molecule has 0 amide bonds. The minimum absolute atomic E-state index is 0.298. The lowest BCUT2D eigenvalue weighted by atomic mass is 10.0. The topological polar surface area (TPSA) is 45.0 Å². The Labute approximate surface area is 118 Å². The van der Waals surface area contributed by atoms with Crippen molar-refractivity contribution in [1.82, 2.24) is 9.88 Å². The van der Waals surface area contributed by atoms with Crippen LogP contribution < -0.4 is 5.73 Å². The lowest BCUT2D eigenvalue weighted by molar-refractivity contribution is 0.309. The lowest BCUT2D eigenvalue weighted by Gasteiger charge is -2.17. The van der Waals surface area contributed by atoms with Crippen LogP contribution in [0.2, 0.25) is 5.02 Å². The number of aromatic nitrogens is 1. The van der Waals surface area contributed by atoms with Crippen molar-refractivity contribution in [3.8, 4) is 0 Å². The number of fused-ring (bicyclic) bond motifs is 1. The maximum absolute atomic E-state index is 6.01. The summed E-state index contributed by atoms with van der Waals surface area (Å²) in [6.45, 7) is 5.36. The fourth-order valence-electron chi connectivity index (χ4n) is 2.97. The van der Waals surface area contributed by atoms with Crippen LogP contribution in [-0.4, -0.2) is 29.0 Å². The zero-order valence-corrected chi connectivity index (χ0v) is 12.0. The second-order valence-corrected chi connectivity index (χ2v) is 6.08. The summed E-state index contributed by atoms with van der Waals surface area (Å²) in [5.41, 5.74) is 8.45. The summed E-state index contributed by atoms with van der Waals surface area (Å²) in [5, 5.41) is 2.05. The molecule has 1 aliphatic heterocycles. The van der Waals surface area contributed by atoms with Crippen LogP contribution in [0.1, 0.15) is 18.9 Å². The Kier molecular flexibility index (Phi) is 3.52. The number of likely N-dealkylation sites (tertiary alicyclic amines) is 1. The van der Waals surface area contributed by atoms with Crippen molar-refractivity contribution >= 4 is 22.5 Å². The van der Waals surface area contributed by atoms with Gasteiger partial charge in [0, 0.05) is 41.3 Å². The number of H-pyrrole nitrogens is 1. The summed E-state index contributed by atoms with van der Waals surface area (Å²) in [5.74, 6) is 0.639. The van der Waals surface area contributed by atoms with Crippen molar-refractivity contribution in [2.45, 2.75) is 25.9 Å². The van der Waals surface area contributed by atoms with Crippen molar-refractivity contribution in [1.29, 1.82) is 0 Å². The number of aromatic amines is 1. The summed E-state index contributed by atoms with van der Waals surface area (Å²) in [6, 6.07) is 6.33. The van der Waals surface area contributed by atoms with E-state index >= 15 is 0 Å². The maximum Gasteiger partial charge on any atom is 0.0472 e. The first kappa shape index (κ1) is 13.0. The molecule has 0 aliphatic carbocycles. The molecule has 2 unspecified atom stereocenters. The van der Waals surface area contributed by atoms with E-state index in [1.165, 1.54) is 17.4 Å². The molecule has 1 aliphatic rings. The Morgan fingerprint density at radius 1 is 1.53 bits per heavy atom. The van der Waals surface area contributed by atoms with Crippen LogP contribution in [0, 0.1) is 5.92 Å². The average Bonchev–Trinajstić information content (AvgIpc) is 2.97. The average molecular weight is 278 g/mol. The first-order valence-electron chi connectivity index (χ1n) is 6.87. The highest BCUT2D eigenvalue weighted by atomic mass is 35.5. The van der Waals surface area contributed by atoms with E-state index in [2.05, 4.69) is 29.1 Å². The van der Waals surface area contributed by atoms with Crippen LogP contribution in [0.4, 0.5) is 0 Å². The predicted octanol–water partition coefficient (Wildman–Crippen LogP) is 2.99. The van der Waals surface area contributed by atoms with Gasteiger partial charge in [0.05, 0.1) is 0 Å². The number of halogens is 1. The van der Waals surface area contributed by atoms with Gasteiger partial charge in [0.1, 0.15) is 0 Å². The van der Waals surface area contributed by atoms with Crippen LogP contribution in [0.3, 0.4) is 0 Å². The Morgan fingerprint density at radius 2 is 2.37 bits per heavy atom. The Hall–Kier alpha value is -1.03. The van der Waals surface area contributed by atoms with Gasteiger partial charge in [-0.3, -0.25) is 4.90 Å². The molecule has 2 aromatic rings. The van der Waals surface area contributed by atoms with Gasteiger partial charge >= 0.3 is 0 Å². The van der Waals surface area contributed by atoms with Crippen molar-refractivity contribution in [2.24, 2.45) is 11.7 Å². The molecule has 1 aromatic carbocycles. The van der Waals surface area contributed by atoms with Crippen LogP contribution in [0.15, 0.2) is 24.4 Å². The third-order valence-corrected chi connectivity index (χ3v) is 4.41. The normalized spacial score (nSPS) is 22.2. The molecule has 3 rings (SSSR count). The van der Waals surface area contributed by atoms with Gasteiger partial charge in [-0.25, -0.2) is 0 Å². The van der Waals surface area contributed by atoms with E-state index in [-0.39, 0.29) is 0 Å². The zero-order chi connectivity index (χ0) is 13.4. The third kappa shape index (κ3) is 2.64. The summed E-state index contributed by atoms with van der Waals surface area (Å²) in [4.78, 5) is 5.79. The molecule has 102 valence electrons. The third-order valence-electron chi connectivity index (χ3n) is 4.18. The molecular formula is C15H20ClN3. The second-order valence-electron chi connectivity index (χ2n) is 5.65. The second kappa shape index (κ2) is 5.16. The Bertz CT molecular complexity index is 576. The van der Waals surface area contributed by atoms with E-state index < -0.39 is 0 Å². The van der Waals surface area contributed by atoms with Gasteiger partial charge in [0.25, 0.3) is 0 Å². The van der Waals surface area contributed by atoms with Crippen LogP contribution in [0.25, 0.3) is 10.9 Å². The van der Waals surface area contributed by atoms with Gasteiger partial charge in [0.15, 0.2) is 0 Å². The molecule has 0 bridgehead atoms. The number of nitrogens with one attached hydrogen (secondary N) is 1. The van der Waals surface area contributed by atoms with Crippen molar-refractivity contribution in [3.63, 3.8) is 0 Å². The van der Waals surface area contributed by atoms with Crippen LogP contribution in [-0.2, 0) is 6.54 Å². The largest absolute Gasteiger partial charge is 0.361 e. The molecule has 4 heteroatoms. The minimum Gasteiger partial charge on any atom is -0.361 e. The summed E-state index contributed by atoms with van der Waals surface area (Å²) >= 11 is 6.01. The highest BCUT2D eigenvalue weighted by Gasteiger charge is 2.25. The van der Waals surface area contributed by atoms with Crippen LogP contribution in [0.5, 0.6) is 0 Å². The molecule has 0 spiro atoms. The molecule has 1 saturated heterocycles. The quantitative estimate of drug-likeness (QED) is 0.906. The highest BCUT2D eigenvalue weighted by molar-refractivity contribution is 6.31. The summed E-state index contributed by atoms with van der Waals surface area (Å²) in [6.07, 6.45) is 3.31. The SMILES string of the molecule is CC(N)C1CCN(Cc2c[nH]c3cc(Cl)ccc23)C1. The van der Waals surface area contributed by atoms with Gasteiger partial charge in [-0.15, -0.1) is 0 Å². The minimum atomic E-state index is 0.298. The van der Waals surface area contributed by atoms with E-state index in [9.17, 15) is 0 Å². The number of hydrogen-bond acceptors (Lipinski definition) is 2. The van der Waals surface area contributed by atoms with E-state index in [1.54, 1.807) is 0 Å². The van der Waals surface area contributed by atoms with Gasteiger partial charge in [0.2, 0.25) is 0 Å². The molecule has 3 nitrogen and oxygen atoms in total. The van der Waals surface area contributed by atoms with Gasteiger partial charge in [-0.05, 0) is 43.5 Å². The molecule has 2 atom stereocenters.